The van der Waals surface area contributed by atoms with Crippen molar-refractivity contribution in [3.63, 3.8) is 0 Å². The Labute approximate surface area is 78.5 Å². The molecule has 0 bridgehead atoms. The molecule has 6 nitrogen and oxygen atoms in total. The molecule has 0 spiro atoms. The van der Waals surface area contributed by atoms with Crippen LogP contribution in [0.15, 0.2) is 0 Å². The van der Waals surface area contributed by atoms with Crippen molar-refractivity contribution in [1.82, 2.24) is 36.9 Å². The van der Waals surface area contributed by atoms with E-state index < -0.39 is 0 Å². The second kappa shape index (κ2) is 780. The summed E-state index contributed by atoms with van der Waals surface area (Å²) in [7, 11) is 0. The molecule has 0 radical (unpaired) electrons. The molecule has 0 aromatic rings. The zero-order chi connectivity index (χ0) is 0. The molecule has 0 aliphatic rings. The molecule has 0 fully saturated rings. The molecule has 9 heavy (non-hydrogen) atoms. The van der Waals surface area contributed by atoms with E-state index in [-0.39, 0.29) is 78.2 Å². The van der Waals surface area contributed by atoms with Gasteiger partial charge in [-0.1, -0.05) is 0 Å². The van der Waals surface area contributed by atoms with Crippen LogP contribution in [0.25, 0.3) is 0 Å². The maximum absolute atomic E-state index is 0. The molecule has 0 rings (SSSR count). The molecule has 0 unspecified atom stereocenters. The first-order valence-corrected chi connectivity index (χ1v) is 0. The number of hydrogen-bond acceptors (Lipinski definition) is 6. The van der Waals surface area contributed by atoms with Crippen molar-refractivity contribution in [3.05, 3.63) is 0 Å². The molecule has 0 aromatic heterocycles. The molecule has 0 saturated carbocycles. The Balaban J connectivity index is 0. The van der Waals surface area contributed by atoms with Crippen LogP contribution in [0, 0.1) is 0 Å². The standard InChI is InChI=1S/2ClH.6H3N.Ni/h2*1H;6*1H3;. The third kappa shape index (κ3) is 594. The van der Waals surface area contributed by atoms with Crippen LogP contribution >= 0.6 is 24.8 Å². The maximum atomic E-state index is 0. The molecule has 9 heteroatoms. The van der Waals surface area contributed by atoms with Gasteiger partial charge in [-0.2, -0.15) is 0 Å². The van der Waals surface area contributed by atoms with Gasteiger partial charge in [0.1, 0.15) is 0 Å². The zero-order valence-electron chi connectivity index (χ0n) is 5.38. The molecular formula is H20Cl2N6Ni. The van der Waals surface area contributed by atoms with Gasteiger partial charge in [0.15, 0.2) is 0 Å². The van der Waals surface area contributed by atoms with Gasteiger partial charge in [-0.05, 0) is 0 Å². The van der Waals surface area contributed by atoms with E-state index in [9.17, 15) is 0 Å². The summed E-state index contributed by atoms with van der Waals surface area (Å²) in [5, 5.41) is 0. The van der Waals surface area contributed by atoms with E-state index in [1.54, 1.807) is 0 Å². The normalized spacial score (nSPS) is 0. The summed E-state index contributed by atoms with van der Waals surface area (Å²) in [5.74, 6) is 0. The molecule has 0 heterocycles. The van der Waals surface area contributed by atoms with Crippen molar-refractivity contribution >= 4 is 24.8 Å². The summed E-state index contributed by atoms with van der Waals surface area (Å²) in [4.78, 5) is 0. The van der Waals surface area contributed by atoms with Crippen LogP contribution in [0.4, 0.5) is 0 Å². The summed E-state index contributed by atoms with van der Waals surface area (Å²) in [6.45, 7) is 0. The molecule has 0 saturated heterocycles. The van der Waals surface area contributed by atoms with E-state index in [1.165, 1.54) is 0 Å². The van der Waals surface area contributed by atoms with E-state index in [1.807, 2.05) is 0 Å². The second-order valence-corrected chi connectivity index (χ2v) is 0. The molecule has 0 aliphatic carbocycles. The fourth-order valence-corrected chi connectivity index (χ4v) is 0. The average molecular weight is 234 g/mol. The minimum absolute atomic E-state index is 0. The summed E-state index contributed by atoms with van der Waals surface area (Å²) in [6, 6.07) is 0. The smallest absolute Gasteiger partial charge is 0 e. The van der Waals surface area contributed by atoms with Gasteiger partial charge in [0.25, 0.3) is 0 Å². The van der Waals surface area contributed by atoms with Gasteiger partial charge in [-0.15, -0.1) is 24.8 Å². The number of halogens is 2. The number of rotatable bonds is 0. The minimum Gasteiger partial charge on any atom is -0.344 e. The van der Waals surface area contributed by atoms with E-state index >= 15 is 0 Å². The van der Waals surface area contributed by atoms with E-state index in [4.69, 9.17) is 0 Å². The van der Waals surface area contributed by atoms with Crippen molar-refractivity contribution in [2.75, 3.05) is 0 Å². The van der Waals surface area contributed by atoms with Gasteiger partial charge in [-0.25, -0.2) is 0 Å². The van der Waals surface area contributed by atoms with Gasteiger partial charge in [-0.3, -0.25) is 0 Å². The largest absolute Gasteiger partial charge is 0.344 e. The third-order valence-electron chi connectivity index (χ3n) is 0. The van der Waals surface area contributed by atoms with E-state index in [0.717, 1.165) is 0 Å². The first kappa shape index (κ1) is 1100. The SMILES string of the molecule is Cl.Cl.N.N.N.N.N.N.[Ni]. The van der Waals surface area contributed by atoms with Crippen LogP contribution in [-0.4, -0.2) is 0 Å². The van der Waals surface area contributed by atoms with Gasteiger partial charge >= 0.3 is 0 Å². The topological polar surface area (TPSA) is 210 Å². The van der Waals surface area contributed by atoms with Crippen molar-refractivity contribution < 1.29 is 16.5 Å². The predicted octanol–water partition coefficient (Wildman–Crippen LogP) is 1.81. The fraction of sp³-hybridized carbons (Fsp3) is 0. The molecular weight excluding hydrogens is 214 g/mol. The molecule has 0 aliphatic heterocycles. The summed E-state index contributed by atoms with van der Waals surface area (Å²) >= 11 is 0. The van der Waals surface area contributed by atoms with Gasteiger partial charge < -0.3 is 36.9 Å². The van der Waals surface area contributed by atoms with Crippen LogP contribution in [0.1, 0.15) is 0 Å². The van der Waals surface area contributed by atoms with Gasteiger partial charge in [0, 0.05) is 16.5 Å². The van der Waals surface area contributed by atoms with Crippen LogP contribution in [-0.2, 0) is 16.5 Å². The van der Waals surface area contributed by atoms with E-state index in [2.05, 4.69) is 0 Å². The Morgan fingerprint density at radius 3 is 0.333 bits per heavy atom. The zero-order valence-corrected chi connectivity index (χ0v) is 8.00. The molecule has 74 valence electrons. The van der Waals surface area contributed by atoms with Crippen molar-refractivity contribution in [2.24, 2.45) is 0 Å². The Kier molecular flexibility index (Phi) is 95800. The average Bonchev–Trinajstić information content (AvgIpc) is 0. The van der Waals surface area contributed by atoms with Crippen LogP contribution in [0.2, 0.25) is 0 Å². The van der Waals surface area contributed by atoms with Crippen LogP contribution < -0.4 is 36.9 Å². The summed E-state index contributed by atoms with van der Waals surface area (Å²) in [5.41, 5.74) is 0. The number of hydrogen-bond donors (Lipinski definition) is 6. The van der Waals surface area contributed by atoms with E-state index in [0.29, 0.717) is 0 Å². The van der Waals surface area contributed by atoms with Gasteiger partial charge in [0.05, 0.1) is 0 Å². The fourth-order valence-electron chi connectivity index (χ4n) is 0. The Morgan fingerprint density at radius 2 is 0.333 bits per heavy atom. The van der Waals surface area contributed by atoms with Crippen LogP contribution in [0.3, 0.4) is 0 Å². The predicted molar refractivity (Wildman–Crippen MR) is 44.6 cm³/mol. The van der Waals surface area contributed by atoms with Crippen molar-refractivity contribution in [1.29, 1.82) is 0 Å². The first-order chi connectivity index (χ1) is 0. The Bertz CT molecular complexity index is 11.0. The first-order valence-electron chi connectivity index (χ1n) is 0. The van der Waals surface area contributed by atoms with Gasteiger partial charge in [0.2, 0.25) is 0 Å². The molecule has 0 amide bonds. The molecule has 18 N–H and O–H groups in total. The quantitative estimate of drug-likeness (QED) is 0.343. The molecule has 0 aromatic carbocycles. The van der Waals surface area contributed by atoms with Crippen molar-refractivity contribution in [2.45, 2.75) is 0 Å². The van der Waals surface area contributed by atoms with Crippen LogP contribution in [0.5, 0.6) is 0 Å². The summed E-state index contributed by atoms with van der Waals surface area (Å²) in [6.07, 6.45) is 0. The van der Waals surface area contributed by atoms with Crippen molar-refractivity contribution in [3.8, 4) is 0 Å². The summed E-state index contributed by atoms with van der Waals surface area (Å²) < 4.78 is 0. The third-order valence-corrected chi connectivity index (χ3v) is 0. The molecule has 0 atom stereocenters. The Hall–Kier alpha value is 0.834. The second-order valence-electron chi connectivity index (χ2n) is 0. The monoisotopic (exact) mass is 232 g/mol. The maximum Gasteiger partial charge on any atom is 0 e. The minimum atomic E-state index is 0. The Morgan fingerprint density at radius 1 is 0.333 bits per heavy atom.